The van der Waals surface area contributed by atoms with Gasteiger partial charge < -0.3 is 15.2 Å². The molecular formula is C27H31FN4O2. The van der Waals surface area contributed by atoms with Crippen LogP contribution in [0, 0.1) is 5.82 Å². The van der Waals surface area contributed by atoms with Gasteiger partial charge in [-0.25, -0.2) is 9.37 Å². The topological polar surface area (TPSA) is 76.0 Å². The van der Waals surface area contributed by atoms with Crippen molar-refractivity contribution in [3.63, 3.8) is 0 Å². The molecule has 0 saturated heterocycles. The third kappa shape index (κ3) is 5.90. The van der Waals surface area contributed by atoms with Gasteiger partial charge in [0.2, 0.25) is 11.8 Å². The van der Waals surface area contributed by atoms with Gasteiger partial charge in [0.15, 0.2) is 0 Å². The molecule has 4 rings (SSSR count). The zero-order valence-electron chi connectivity index (χ0n) is 19.4. The number of amides is 2. The van der Waals surface area contributed by atoms with Crippen LogP contribution in [0.4, 0.5) is 4.39 Å². The highest BCUT2D eigenvalue weighted by molar-refractivity contribution is 5.90. The van der Waals surface area contributed by atoms with Crippen LogP contribution in [0.25, 0.3) is 11.1 Å². The molecule has 178 valence electrons. The minimum absolute atomic E-state index is 0.139. The van der Waals surface area contributed by atoms with E-state index in [1.54, 1.807) is 42.3 Å². The van der Waals surface area contributed by atoms with Crippen molar-refractivity contribution in [2.24, 2.45) is 0 Å². The zero-order chi connectivity index (χ0) is 23.9. The smallest absolute Gasteiger partial charge is 0.244 e. The number of rotatable bonds is 8. The van der Waals surface area contributed by atoms with Gasteiger partial charge in [0.25, 0.3) is 0 Å². The fourth-order valence-electron chi connectivity index (χ4n) is 4.45. The monoisotopic (exact) mass is 462 g/mol. The van der Waals surface area contributed by atoms with E-state index >= 15 is 0 Å². The molecule has 1 aliphatic rings. The van der Waals surface area contributed by atoms with Crippen molar-refractivity contribution < 1.29 is 14.0 Å². The Morgan fingerprint density at radius 2 is 1.85 bits per heavy atom. The zero-order valence-corrected chi connectivity index (χ0v) is 19.4. The van der Waals surface area contributed by atoms with Gasteiger partial charge in [0.1, 0.15) is 11.9 Å². The Balaban J connectivity index is 1.46. The van der Waals surface area contributed by atoms with Crippen LogP contribution in [-0.2, 0) is 16.1 Å². The number of aromatic nitrogens is 2. The average Bonchev–Trinajstić information content (AvgIpc) is 3.37. The molecule has 0 bridgehead atoms. The predicted molar refractivity (Wildman–Crippen MR) is 129 cm³/mol. The van der Waals surface area contributed by atoms with E-state index in [4.69, 9.17) is 0 Å². The molecule has 1 aliphatic carbocycles. The van der Waals surface area contributed by atoms with Crippen molar-refractivity contribution >= 4 is 11.8 Å². The predicted octanol–water partition coefficient (Wildman–Crippen LogP) is 4.43. The largest absolute Gasteiger partial charge is 0.352 e. The second-order valence-corrected chi connectivity index (χ2v) is 8.99. The van der Waals surface area contributed by atoms with Gasteiger partial charge >= 0.3 is 0 Å². The number of carbonyl (C=O) groups is 2. The van der Waals surface area contributed by atoms with Crippen LogP contribution in [0.3, 0.4) is 0 Å². The lowest BCUT2D eigenvalue weighted by atomic mass is 9.95. The maximum absolute atomic E-state index is 14.9. The maximum Gasteiger partial charge on any atom is 0.244 e. The quantitative estimate of drug-likeness (QED) is 0.520. The molecule has 1 heterocycles. The number of halogens is 1. The molecule has 2 N–H and O–H groups in total. The summed E-state index contributed by atoms with van der Waals surface area (Å²) in [6, 6.07) is 13.5. The molecule has 3 aromatic rings. The highest BCUT2D eigenvalue weighted by atomic mass is 19.1. The number of imidazole rings is 1. The molecule has 1 fully saturated rings. The average molecular weight is 463 g/mol. The third-order valence-corrected chi connectivity index (χ3v) is 6.51. The summed E-state index contributed by atoms with van der Waals surface area (Å²) in [5, 5.41) is 5.99. The van der Waals surface area contributed by atoms with Crippen molar-refractivity contribution in [2.45, 2.75) is 63.6 Å². The number of hydrogen-bond acceptors (Lipinski definition) is 3. The molecule has 34 heavy (non-hydrogen) atoms. The summed E-state index contributed by atoms with van der Waals surface area (Å²) >= 11 is 0. The van der Waals surface area contributed by atoms with Crippen LogP contribution in [-0.4, -0.2) is 33.4 Å². The number of carbonyl (C=O) groups excluding carboxylic acids is 2. The first kappa shape index (κ1) is 23.7. The second kappa shape index (κ2) is 11.1. The van der Waals surface area contributed by atoms with Gasteiger partial charge in [-0.3, -0.25) is 9.59 Å². The van der Waals surface area contributed by atoms with Crippen LogP contribution >= 0.6 is 0 Å². The molecule has 0 aliphatic heterocycles. The molecule has 6 nitrogen and oxygen atoms in total. The van der Waals surface area contributed by atoms with Crippen molar-refractivity contribution in [1.29, 1.82) is 0 Å². The van der Waals surface area contributed by atoms with E-state index in [2.05, 4.69) is 15.6 Å². The Hall–Kier alpha value is -3.48. The van der Waals surface area contributed by atoms with E-state index < -0.39 is 12.0 Å². The SMILES string of the molecule is C[C@H](C(=O)N[C@H](Cn1ccnc1)C(=O)NC1CCCCC1)c1ccc(-c2ccccc2)c(F)c1. The first-order valence-electron chi connectivity index (χ1n) is 11.9. The number of nitrogens with one attached hydrogen (secondary N) is 2. The summed E-state index contributed by atoms with van der Waals surface area (Å²) in [7, 11) is 0. The first-order valence-corrected chi connectivity index (χ1v) is 11.9. The van der Waals surface area contributed by atoms with Crippen molar-refractivity contribution in [2.75, 3.05) is 0 Å². The summed E-state index contributed by atoms with van der Waals surface area (Å²) in [5.74, 6) is -1.53. The summed E-state index contributed by atoms with van der Waals surface area (Å²) in [4.78, 5) is 30.2. The molecule has 2 amide bonds. The lowest BCUT2D eigenvalue weighted by molar-refractivity contribution is -0.130. The number of nitrogens with zero attached hydrogens (tertiary/aromatic N) is 2. The molecule has 0 radical (unpaired) electrons. The fraction of sp³-hybridized carbons (Fsp3) is 0.370. The molecule has 1 saturated carbocycles. The van der Waals surface area contributed by atoms with E-state index in [0.717, 1.165) is 31.2 Å². The van der Waals surface area contributed by atoms with E-state index in [9.17, 15) is 14.0 Å². The maximum atomic E-state index is 14.9. The van der Waals surface area contributed by atoms with Gasteiger partial charge in [-0.2, -0.15) is 0 Å². The van der Waals surface area contributed by atoms with Crippen LogP contribution in [0.2, 0.25) is 0 Å². The van der Waals surface area contributed by atoms with Gasteiger partial charge in [-0.05, 0) is 37.0 Å². The van der Waals surface area contributed by atoms with Crippen LogP contribution in [0.1, 0.15) is 50.5 Å². The Morgan fingerprint density at radius 1 is 1.09 bits per heavy atom. The number of hydrogen-bond donors (Lipinski definition) is 2. The van der Waals surface area contributed by atoms with Crippen LogP contribution in [0.15, 0.2) is 67.3 Å². The highest BCUT2D eigenvalue weighted by Crippen LogP contribution is 2.26. The molecule has 0 unspecified atom stereocenters. The van der Waals surface area contributed by atoms with Gasteiger partial charge in [-0.15, -0.1) is 0 Å². The standard InChI is InChI=1S/C27H31FN4O2/c1-19(21-12-13-23(24(28)16-21)20-8-4-2-5-9-20)26(33)31-25(17-32-15-14-29-18-32)27(34)30-22-10-6-3-7-11-22/h2,4-5,8-9,12-16,18-19,22,25H,3,6-7,10-11,17H2,1H3,(H,30,34)(H,31,33)/t19-,25+/m0/s1. The summed E-state index contributed by atoms with van der Waals surface area (Å²) in [5.41, 5.74) is 1.83. The van der Waals surface area contributed by atoms with Crippen molar-refractivity contribution in [3.8, 4) is 11.1 Å². The van der Waals surface area contributed by atoms with E-state index in [1.165, 1.54) is 12.5 Å². The van der Waals surface area contributed by atoms with E-state index in [0.29, 0.717) is 11.1 Å². The Morgan fingerprint density at radius 3 is 2.53 bits per heavy atom. The van der Waals surface area contributed by atoms with Gasteiger partial charge in [-0.1, -0.05) is 61.7 Å². The fourth-order valence-corrected chi connectivity index (χ4v) is 4.45. The molecule has 0 spiro atoms. The molecule has 7 heteroatoms. The Labute approximate surface area is 199 Å². The first-order chi connectivity index (χ1) is 16.5. The summed E-state index contributed by atoms with van der Waals surface area (Å²) in [6.45, 7) is 2.00. The Kier molecular flexibility index (Phi) is 7.72. The van der Waals surface area contributed by atoms with Crippen LogP contribution in [0.5, 0.6) is 0 Å². The molecule has 2 aromatic carbocycles. The minimum Gasteiger partial charge on any atom is -0.352 e. The van der Waals surface area contributed by atoms with Crippen molar-refractivity contribution in [1.82, 2.24) is 20.2 Å². The summed E-state index contributed by atoms with van der Waals surface area (Å²) < 4.78 is 16.6. The summed E-state index contributed by atoms with van der Waals surface area (Å²) in [6.07, 6.45) is 10.3. The van der Waals surface area contributed by atoms with E-state index in [-0.39, 0.29) is 30.2 Å². The minimum atomic E-state index is -0.750. The lowest BCUT2D eigenvalue weighted by Crippen LogP contribution is -2.52. The van der Waals surface area contributed by atoms with Crippen LogP contribution < -0.4 is 10.6 Å². The van der Waals surface area contributed by atoms with Gasteiger partial charge in [0.05, 0.1) is 18.8 Å². The Bertz CT molecular complexity index is 1100. The highest BCUT2D eigenvalue weighted by Gasteiger charge is 2.27. The normalized spacial score (nSPS) is 15.9. The molecule has 1 aromatic heterocycles. The van der Waals surface area contributed by atoms with Gasteiger partial charge in [0, 0.05) is 24.0 Å². The molecule has 2 atom stereocenters. The number of benzene rings is 2. The third-order valence-electron chi connectivity index (χ3n) is 6.51. The molecular weight excluding hydrogens is 431 g/mol. The van der Waals surface area contributed by atoms with E-state index in [1.807, 2.05) is 30.3 Å². The second-order valence-electron chi connectivity index (χ2n) is 8.99. The lowest BCUT2D eigenvalue weighted by Gasteiger charge is -2.27. The van der Waals surface area contributed by atoms with Crippen molar-refractivity contribution in [3.05, 3.63) is 78.6 Å².